The molecule has 4 N–H and O–H groups in total. The highest BCUT2D eigenvalue weighted by molar-refractivity contribution is 7.83. The molecule has 0 aromatic carbocycles. The first-order valence-corrected chi connectivity index (χ1v) is 4.92. The predicted molar refractivity (Wildman–Crippen MR) is 46.2 cm³/mol. The van der Waals surface area contributed by atoms with E-state index >= 15 is 0 Å². The summed E-state index contributed by atoms with van der Waals surface area (Å²) in [7, 11) is -0.611. The Kier molecular flexibility index (Phi) is 9.61. The van der Waals surface area contributed by atoms with Crippen LogP contribution >= 0.6 is 0 Å². The molecule has 0 radical (unpaired) electrons. The van der Waals surface area contributed by atoms with Crippen LogP contribution in [0.3, 0.4) is 0 Å². The first-order chi connectivity index (χ1) is 5.86. The molecular formula is C5H12N2O5S. The zero-order valence-electron chi connectivity index (χ0n) is 7.31. The zero-order chi connectivity index (χ0) is 10.9. The number of carbonyl (C=O) groups is 2. The minimum absolute atomic E-state index is 0.537. The summed E-state index contributed by atoms with van der Waals surface area (Å²) >= 11 is 0. The minimum Gasteiger partial charge on any atom is -0.412 e. The molecule has 0 aliphatic rings. The van der Waals surface area contributed by atoms with E-state index in [1.54, 1.807) is 12.5 Å². The molecule has 0 saturated carbocycles. The van der Waals surface area contributed by atoms with Gasteiger partial charge in [-0.3, -0.25) is 4.21 Å². The molecule has 0 aromatic heterocycles. The Morgan fingerprint density at radius 2 is 1.38 bits per heavy atom. The average Bonchev–Trinajstić information content (AvgIpc) is 1.83. The lowest BCUT2D eigenvalue weighted by Gasteiger charge is -1.98. The molecule has 0 unspecified atom stereocenters. The number of carbonyl (C=O) groups excluding carboxylic acids is 2. The van der Waals surface area contributed by atoms with Gasteiger partial charge in [-0.2, -0.15) is 0 Å². The van der Waals surface area contributed by atoms with Crippen molar-refractivity contribution in [3.8, 4) is 0 Å². The quantitative estimate of drug-likeness (QED) is 0.576. The zero-order valence-corrected chi connectivity index (χ0v) is 8.13. The van der Waals surface area contributed by atoms with Crippen LogP contribution in [0.25, 0.3) is 0 Å². The molecular weight excluding hydrogens is 200 g/mol. The normalized spacial score (nSPS) is 8.23. The van der Waals surface area contributed by atoms with E-state index in [0.717, 1.165) is 0 Å². The van der Waals surface area contributed by atoms with Crippen LogP contribution in [0.4, 0.5) is 9.59 Å². The van der Waals surface area contributed by atoms with Crippen LogP contribution in [0.2, 0.25) is 0 Å². The second-order valence-corrected chi connectivity index (χ2v) is 3.27. The van der Waals surface area contributed by atoms with Crippen LogP contribution in [0.5, 0.6) is 0 Å². The number of hydrogen-bond donors (Lipinski definition) is 2. The van der Waals surface area contributed by atoms with Gasteiger partial charge in [0.05, 0.1) is 0 Å². The van der Waals surface area contributed by atoms with E-state index in [1.807, 2.05) is 0 Å². The van der Waals surface area contributed by atoms with Crippen LogP contribution in [0.15, 0.2) is 0 Å². The molecule has 0 spiro atoms. The molecule has 0 heterocycles. The molecule has 0 aliphatic carbocycles. The average molecular weight is 212 g/mol. The summed E-state index contributed by atoms with van der Waals surface area (Å²) in [4.78, 5) is 19.5. The van der Waals surface area contributed by atoms with Crippen molar-refractivity contribution in [1.82, 2.24) is 0 Å². The van der Waals surface area contributed by atoms with Gasteiger partial charge >= 0.3 is 12.2 Å². The van der Waals surface area contributed by atoms with Gasteiger partial charge in [0.15, 0.2) is 0 Å². The fraction of sp³-hybridized carbons (Fsp3) is 0.600. The van der Waals surface area contributed by atoms with Crippen molar-refractivity contribution in [2.75, 3.05) is 19.3 Å². The van der Waals surface area contributed by atoms with Crippen LogP contribution in [0, 0.1) is 0 Å². The molecule has 0 rings (SSSR count). The molecule has 2 amide bonds. The van der Waals surface area contributed by atoms with Crippen LogP contribution < -0.4 is 11.5 Å². The van der Waals surface area contributed by atoms with Gasteiger partial charge in [-0.15, -0.1) is 0 Å². The third-order valence-corrected chi connectivity index (χ3v) is 0.402. The Morgan fingerprint density at radius 1 is 1.15 bits per heavy atom. The van der Waals surface area contributed by atoms with Gasteiger partial charge in [0, 0.05) is 23.3 Å². The smallest absolute Gasteiger partial charge is 0.407 e. The van der Waals surface area contributed by atoms with Gasteiger partial charge in [0.1, 0.15) is 0 Å². The van der Waals surface area contributed by atoms with E-state index < -0.39 is 29.8 Å². The molecule has 78 valence electrons. The van der Waals surface area contributed by atoms with Crippen LogP contribution in [-0.4, -0.2) is 35.7 Å². The van der Waals surface area contributed by atoms with Crippen molar-refractivity contribution in [2.24, 2.45) is 11.5 Å². The lowest BCUT2D eigenvalue weighted by atomic mass is 11.2. The standard InChI is InChI=1S/C3H6N2O4.C2H6OS/c4-2(6)8-1-9-3(5)7;1-4(2)3/h1H2,(H2,4,6)(H2,5,7);1-2H3. The lowest BCUT2D eigenvalue weighted by molar-refractivity contribution is 0.0327. The largest absolute Gasteiger partial charge is 0.412 e. The number of primary amides is 2. The van der Waals surface area contributed by atoms with E-state index in [-0.39, 0.29) is 0 Å². The molecule has 0 aromatic rings. The summed E-state index contributed by atoms with van der Waals surface area (Å²) in [6.07, 6.45) is 1.24. The van der Waals surface area contributed by atoms with E-state index in [0.29, 0.717) is 0 Å². The summed E-state index contributed by atoms with van der Waals surface area (Å²) in [5.41, 5.74) is 8.97. The van der Waals surface area contributed by atoms with E-state index in [9.17, 15) is 13.8 Å². The molecule has 0 atom stereocenters. The van der Waals surface area contributed by atoms with Crippen molar-refractivity contribution in [2.45, 2.75) is 0 Å². The minimum atomic E-state index is -1.02. The van der Waals surface area contributed by atoms with Gasteiger partial charge in [0.2, 0.25) is 6.79 Å². The third-order valence-electron chi connectivity index (χ3n) is 0.402. The van der Waals surface area contributed by atoms with Crippen molar-refractivity contribution < 1.29 is 23.3 Å². The van der Waals surface area contributed by atoms with Crippen molar-refractivity contribution in [3.63, 3.8) is 0 Å². The molecule has 0 fully saturated rings. The van der Waals surface area contributed by atoms with Crippen LogP contribution in [0.1, 0.15) is 0 Å². The fourth-order valence-electron chi connectivity index (χ4n) is 0.146. The molecule has 8 heteroatoms. The maximum absolute atomic E-state index is 9.75. The SMILES string of the molecule is CS(C)=O.NC(=O)OCOC(N)=O. The Labute approximate surface area is 77.8 Å². The Balaban J connectivity index is 0. The van der Waals surface area contributed by atoms with Gasteiger partial charge in [-0.1, -0.05) is 0 Å². The predicted octanol–water partition coefficient (Wildman–Crippen LogP) is -0.871. The summed E-state index contributed by atoms with van der Waals surface area (Å²) in [6, 6.07) is 0. The summed E-state index contributed by atoms with van der Waals surface area (Å²) in [6.45, 7) is -0.537. The Morgan fingerprint density at radius 3 is 1.54 bits per heavy atom. The molecule has 0 aliphatic heterocycles. The summed E-state index contributed by atoms with van der Waals surface area (Å²) in [5, 5.41) is 0. The highest BCUT2D eigenvalue weighted by atomic mass is 32.2. The van der Waals surface area contributed by atoms with Gasteiger partial charge < -0.3 is 20.9 Å². The van der Waals surface area contributed by atoms with Gasteiger partial charge in [0.25, 0.3) is 0 Å². The number of nitrogens with two attached hydrogens (primary N) is 2. The third kappa shape index (κ3) is 36.7. The first kappa shape index (κ1) is 14.2. The number of hydrogen-bond acceptors (Lipinski definition) is 5. The number of amides is 2. The maximum atomic E-state index is 9.75. The van der Waals surface area contributed by atoms with Crippen molar-refractivity contribution in [1.29, 1.82) is 0 Å². The topological polar surface area (TPSA) is 122 Å². The second kappa shape index (κ2) is 8.78. The Bertz CT molecular complexity index is 177. The molecule has 0 bridgehead atoms. The monoisotopic (exact) mass is 212 g/mol. The number of ether oxygens (including phenoxy) is 2. The molecule has 0 saturated heterocycles. The molecule has 13 heavy (non-hydrogen) atoms. The Hall–Kier alpha value is -1.31. The van der Waals surface area contributed by atoms with E-state index in [1.165, 1.54) is 0 Å². The molecule has 7 nitrogen and oxygen atoms in total. The summed E-state index contributed by atoms with van der Waals surface area (Å²) in [5.74, 6) is 0. The maximum Gasteiger partial charge on any atom is 0.407 e. The first-order valence-electron chi connectivity index (χ1n) is 2.95. The second-order valence-electron chi connectivity index (χ2n) is 1.79. The number of rotatable bonds is 2. The van der Waals surface area contributed by atoms with Crippen LogP contribution in [-0.2, 0) is 20.3 Å². The van der Waals surface area contributed by atoms with Gasteiger partial charge in [-0.05, 0) is 0 Å². The van der Waals surface area contributed by atoms with Crippen molar-refractivity contribution in [3.05, 3.63) is 0 Å². The van der Waals surface area contributed by atoms with Gasteiger partial charge in [-0.25, -0.2) is 9.59 Å². The highest BCUT2D eigenvalue weighted by Gasteiger charge is 1.94. The van der Waals surface area contributed by atoms with E-state index in [4.69, 9.17) is 0 Å². The lowest BCUT2D eigenvalue weighted by Crippen LogP contribution is -2.20. The van der Waals surface area contributed by atoms with Crippen molar-refractivity contribution >= 4 is 23.0 Å². The summed E-state index contributed by atoms with van der Waals surface area (Å²) < 4.78 is 17.5. The fourth-order valence-corrected chi connectivity index (χ4v) is 0.146. The highest BCUT2D eigenvalue weighted by Crippen LogP contribution is 1.75. The van der Waals surface area contributed by atoms with E-state index in [2.05, 4.69) is 20.9 Å².